The van der Waals surface area contributed by atoms with E-state index in [1.807, 2.05) is 52.0 Å². The summed E-state index contributed by atoms with van der Waals surface area (Å²) in [5.74, 6) is 0.913. The van der Waals surface area contributed by atoms with E-state index in [2.05, 4.69) is 25.1 Å². The van der Waals surface area contributed by atoms with Gasteiger partial charge in [-0.2, -0.15) is 0 Å². The summed E-state index contributed by atoms with van der Waals surface area (Å²) in [5.41, 5.74) is 1.16. The van der Waals surface area contributed by atoms with Crippen molar-refractivity contribution in [2.45, 2.75) is 105 Å². The Bertz CT molecular complexity index is 1350. The van der Waals surface area contributed by atoms with Gasteiger partial charge >= 0.3 is 11.9 Å². The highest BCUT2D eigenvalue weighted by Gasteiger charge is 2.22. The Hall–Kier alpha value is -3.36. The van der Waals surface area contributed by atoms with Gasteiger partial charge in [-0.05, 0) is 43.7 Å². The average Bonchev–Trinajstić information content (AvgIpc) is 3.07. The minimum atomic E-state index is -0.540. The minimum Gasteiger partial charge on any atom is -0.488 e. The second-order valence-electron chi connectivity index (χ2n) is 11.6. The number of aryl methyl sites for hydroxylation is 1. The monoisotopic (exact) mass is 638 g/mol. The first-order valence-electron chi connectivity index (χ1n) is 17.2. The quantitative estimate of drug-likeness (QED) is 0.0582. The smallest absolute Gasteiger partial charge is 0.306 e. The Kier molecular flexibility index (Phi) is 16.7. The van der Waals surface area contributed by atoms with Gasteiger partial charge in [0.15, 0.2) is 12.2 Å². The zero-order valence-electron chi connectivity index (χ0n) is 28.6. The van der Waals surface area contributed by atoms with Crippen molar-refractivity contribution >= 4 is 33.5 Å². The van der Waals surface area contributed by atoms with Crippen LogP contribution in [0.4, 0.5) is 0 Å². The van der Waals surface area contributed by atoms with Crippen molar-refractivity contribution in [1.29, 1.82) is 0 Å². The molecule has 46 heavy (non-hydrogen) atoms. The van der Waals surface area contributed by atoms with Crippen LogP contribution in [0.1, 0.15) is 91.5 Å². The van der Waals surface area contributed by atoms with Crippen LogP contribution in [0.25, 0.3) is 21.5 Å². The number of hydrogen-bond acceptors (Lipinski definition) is 8. The summed E-state index contributed by atoms with van der Waals surface area (Å²) in [4.78, 5) is 25.1. The Morgan fingerprint density at radius 1 is 0.587 bits per heavy atom. The minimum absolute atomic E-state index is 0.154. The predicted molar refractivity (Wildman–Crippen MR) is 183 cm³/mol. The van der Waals surface area contributed by atoms with E-state index >= 15 is 0 Å². The lowest BCUT2D eigenvalue weighted by Gasteiger charge is -2.23. The number of esters is 2. The topological polar surface area (TPSA) is 89.5 Å². The normalized spacial score (nSPS) is 12.6. The summed E-state index contributed by atoms with van der Waals surface area (Å²) in [6, 6.07) is 14.2. The molecule has 8 heteroatoms. The molecule has 0 bridgehead atoms. The predicted octanol–water partition coefficient (Wildman–Crippen LogP) is 8.37. The molecule has 254 valence electrons. The number of rotatable bonds is 23. The largest absolute Gasteiger partial charge is 0.488 e. The Balaban J connectivity index is 1.97. The molecule has 0 N–H and O–H groups in total. The van der Waals surface area contributed by atoms with Crippen LogP contribution in [-0.2, 0) is 35.0 Å². The second kappa shape index (κ2) is 20.7. The standard InChI is InChI=1S/C38H54O8/c1-6-11-17-35(39)45-29(24-41-21-8-3)26-43-37-31-15-13-14-16-32(31)38(34-23-28(10-5)19-20-33(34)37)44-27-30(25-42-22-9-4)46-36(40)18-12-7-2/h13-16,19-20,23,29-30H,6-12,17-18,21-22,24-27H2,1-5H3. The van der Waals surface area contributed by atoms with Crippen molar-refractivity contribution < 1.29 is 38.0 Å². The van der Waals surface area contributed by atoms with Crippen LogP contribution >= 0.6 is 0 Å². The second-order valence-corrected chi connectivity index (χ2v) is 11.6. The van der Waals surface area contributed by atoms with Gasteiger partial charge in [-0.3, -0.25) is 9.59 Å². The third kappa shape index (κ3) is 11.5. The molecule has 8 nitrogen and oxygen atoms in total. The first-order valence-corrected chi connectivity index (χ1v) is 17.2. The molecule has 0 aromatic heterocycles. The molecule has 0 saturated carbocycles. The molecule has 0 aliphatic carbocycles. The van der Waals surface area contributed by atoms with Gasteiger partial charge in [-0.25, -0.2) is 0 Å². The van der Waals surface area contributed by atoms with Crippen LogP contribution in [0.3, 0.4) is 0 Å². The first-order chi connectivity index (χ1) is 22.4. The summed E-state index contributed by atoms with van der Waals surface area (Å²) in [7, 11) is 0. The molecule has 0 heterocycles. The van der Waals surface area contributed by atoms with E-state index in [9.17, 15) is 9.59 Å². The van der Waals surface area contributed by atoms with Crippen molar-refractivity contribution in [2.75, 3.05) is 39.6 Å². The van der Waals surface area contributed by atoms with E-state index in [1.165, 1.54) is 0 Å². The average molecular weight is 639 g/mol. The highest BCUT2D eigenvalue weighted by atomic mass is 16.6. The SMILES string of the molecule is CCCCC(=O)OC(COCCC)COc1c2ccccc2c(OCC(COCCC)OC(=O)CCCC)c2cc(CC)ccc12. The van der Waals surface area contributed by atoms with Crippen molar-refractivity contribution in [3.8, 4) is 11.5 Å². The summed E-state index contributed by atoms with van der Waals surface area (Å²) in [5, 5.41) is 3.54. The lowest BCUT2D eigenvalue weighted by Crippen LogP contribution is -2.30. The van der Waals surface area contributed by atoms with Crippen LogP contribution in [-0.4, -0.2) is 63.8 Å². The maximum Gasteiger partial charge on any atom is 0.306 e. The van der Waals surface area contributed by atoms with Crippen molar-refractivity contribution in [3.05, 3.63) is 48.0 Å². The third-order valence-corrected chi connectivity index (χ3v) is 7.59. The molecule has 0 spiro atoms. The summed E-state index contributed by atoms with van der Waals surface area (Å²) in [6.45, 7) is 12.3. The van der Waals surface area contributed by atoms with E-state index in [-0.39, 0.29) is 38.4 Å². The molecule has 0 radical (unpaired) electrons. The fraction of sp³-hybridized carbons (Fsp3) is 0.579. The van der Waals surface area contributed by atoms with Crippen molar-refractivity contribution in [2.24, 2.45) is 0 Å². The molecular weight excluding hydrogens is 584 g/mol. The maximum absolute atomic E-state index is 12.5. The van der Waals surface area contributed by atoms with E-state index in [1.54, 1.807) is 0 Å². The molecule has 3 aromatic rings. The Morgan fingerprint density at radius 3 is 1.52 bits per heavy atom. The molecule has 0 aliphatic rings. The van der Waals surface area contributed by atoms with Gasteiger partial charge in [0.25, 0.3) is 0 Å². The molecule has 0 amide bonds. The highest BCUT2D eigenvalue weighted by molar-refractivity contribution is 6.11. The van der Waals surface area contributed by atoms with Crippen LogP contribution in [0, 0.1) is 0 Å². The number of benzene rings is 3. The number of carbonyl (C=O) groups is 2. The molecule has 3 rings (SSSR count). The number of ether oxygens (including phenoxy) is 6. The van der Waals surface area contributed by atoms with E-state index in [4.69, 9.17) is 28.4 Å². The number of fused-ring (bicyclic) bond motifs is 2. The molecule has 0 saturated heterocycles. The summed E-state index contributed by atoms with van der Waals surface area (Å²) < 4.78 is 36.3. The van der Waals surface area contributed by atoms with Crippen molar-refractivity contribution in [3.63, 3.8) is 0 Å². The lowest BCUT2D eigenvalue weighted by atomic mass is 9.98. The van der Waals surface area contributed by atoms with E-state index in [0.29, 0.717) is 37.6 Å². The number of carbonyl (C=O) groups excluding carboxylic acids is 2. The van der Waals surface area contributed by atoms with Gasteiger partial charge in [-0.1, -0.05) is 83.9 Å². The molecule has 3 aromatic carbocycles. The highest BCUT2D eigenvalue weighted by Crippen LogP contribution is 2.43. The Morgan fingerprint density at radius 2 is 1.07 bits per heavy atom. The third-order valence-electron chi connectivity index (χ3n) is 7.59. The van der Waals surface area contributed by atoms with E-state index in [0.717, 1.165) is 72.1 Å². The van der Waals surface area contributed by atoms with Gasteiger partial charge in [0, 0.05) is 47.6 Å². The van der Waals surface area contributed by atoms with Gasteiger partial charge in [0.1, 0.15) is 24.7 Å². The van der Waals surface area contributed by atoms with Crippen LogP contribution in [0.2, 0.25) is 0 Å². The van der Waals surface area contributed by atoms with Gasteiger partial charge in [0.05, 0.1) is 13.2 Å². The number of unbranched alkanes of at least 4 members (excludes halogenated alkanes) is 2. The molecule has 2 atom stereocenters. The van der Waals surface area contributed by atoms with E-state index < -0.39 is 12.2 Å². The molecule has 0 fully saturated rings. The fourth-order valence-electron chi connectivity index (χ4n) is 5.11. The van der Waals surface area contributed by atoms with Gasteiger partial charge < -0.3 is 28.4 Å². The summed E-state index contributed by atoms with van der Waals surface area (Å²) in [6.07, 6.45) is 5.66. The molecule has 0 aliphatic heterocycles. The van der Waals surface area contributed by atoms with Gasteiger partial charge in [-0.15, -0.1) is 0 Å². The lowest BCUT2D eigenvalue weighted by molar-refractivity contribution is -0.155. The fourth-order valence-corrected chi connectivity index (χ4v) is 5.11. The zero-order valence-corrected chi connectivity index (χ0v) is 28.6. The summed E-state index contributed by atoms with van der Waals surface area (Å²) >= 11 is 0. The molecule has 2 unspecified atom stereocenters. The maximum atomic E-state index is 12.5. The van der Waals surface area contributed by atoms with Gasteiger partial charge in [0.2, 0.25) is 0 Å². The zero-order chi connectivity index (χ0) is 33.1. The number of hydrogen-bond donors (Lipinski definition) is 0. The van der Waals surface area contributed by atoms with Crippen LogP contribution in [0.5, 0.6) is 11.5 Å². The first kappa shape index (κ1) is 37.1. The van der Waals surface area contributed by atoms with Crippen LogP contribution < -0.4 is 9.47 Å². The van der Waals surface area contributed by atoms with Crippen molar-refractivity contribution in [1.82, 2.24) is 0 Å². The van der Waals surface area contributed by atoms with Crippen LogP contribution in [0.15, 0.2) is 42.5 Å². The molecular formula is C38H54O8. The Labute approximate surface area is 275 Å².